The Bertz CT molecular complexity index is 294. The molecule has 0 radical (unpaired) electrons. The lowest BCUT2D eigenvalue weighted by atomic mass is 10.2. The van der Waals surface area contributed by atoms with Gasteiger partial charge in [0.15, 0.2) is 5.69 Å². The monoisotopic (exact) mass is 195 g/mol. The number of aromatic nitrogens is 3. The maximum absolute atomic E-state index is 12.2. The van der Waals surface area contributed by atoms with Crippen molar-refractivity contribution >= 4 is 0 Å². The van der Waals surface area contributed by atoms with Crippen molar-refractivity contribution in [3.05, 3.63) is 11.4 Å². The minimum absolute atomic E-state index is 0.0989. The quantitative estimate of drug-likeness (QED) is 0.741. The lowest BCUT2D eigenvalue weighted by Crippen LogP contribution is -2.11. The van der Waals surface area contributed by atoms with Crippen LogP contribution < -0.4 is 0 Å². The van der Waals surface area contributed by atoms with E-state index in [1.807, 2.05) is 0 Å². The number of aliphatic hydroxyl groups is 1. The number of nitrogens with zero attached hydrogens (tertiary/aromatic N) is 3. The van der Waals surface area contributed by atoms with Crippen LogP contribution in [-0.4, -0.2) is 26.7 Å². The second-order valence-corrected chi connectivity index (χ2v) is 2.48. The first-order valence-corrected chi connectivity index (χ1v) is 3.53. The highest BCUT2D eigenvalue weighted by Gasteiger charge is 2.37. The summed E-state index contributed by atoms with van der Waals surface area (Å²) in [7, 11) is 1.35. The summed E-state index contributed by atoms with van der Waals surface area (Å²) in [6.45, 7) is -0.357. The molecule has 0 fully saturated rings. The van der Waals surface area contributed by atoms with Gasteiger partial charge in [0.25, 0.3) is 0 Å². The first-order chi connectivity index (χ1) is 5.96. The molecule has 0 aromatic carbocycles. The highest BCUT2D eigenvalue weighted by Crippen LogP contribution is 2.29. The van der Waals surface area contributed by atoms with Crippen LogP contribution in [0.4, 0.5) is 13.2 Å². The Labute approximate surface area is 72.0 Å². The zero-order chi connectivity index (χ0) is 10.1. The van der Waals surface area contributed by atoms with Crippen LogP contribution in [0.15, 0.2) is 0 Å². The molecule has 13 heavy (non-hydrogen) atoms. The van der Waals surface area contributed by atoms with Crippen LogP contribution in [0.3, 0.4) is 0 Å². The van der Waals surface area contributed by atoms with Crippen molar-refractivity contribution in [2.24, 2.45) is 7.05 Å². The van der Waals surface area contributed by atoms with Gasteiger partial charge in [0, 0.05) is 20.1 Å². The Kier molecular flexibility index (Phi) is 2.55. The molecule has 0 spiro atoms. The van der Waals surface area contributed by atoms with Gasteiger partial charge in [-0.1, -0.05) is 5.21 Å². The van der Waals surface area contributed by atoms with Gasteiger partial charge in [0.05, 0.1) is 5.69 Å². The van der Waals surface area contributed by atoms with Crippen LogP contribution in [0.1, 0.15) is 11.4 Å². The summed E-state index contributed by atoms with van der Waals surface area (Å²) in [4.78, 5) is 0. The molecular formula is C6H8F3N3O. The molecule has 1 rings (SSSR count). The first kappa shape index (κ1) is 9.97. The summed E-state index contributed by atoms with van der Waals surface area (Å²) >= 11 is 0. The molecule has 0 bridgehead atoms. The van der Waals surface area contributed by atoms with E-state index < -0.39 is 11.9 Å². The zero-order valence-corrected chi connectivity index (χ0v) is 6.84. The van der Waals surface area contributed by atoms with Gasteiger partial charge in [0.1, 0.15) is 0 Å². The molecule has 0 unspecified atom stereocenters. The molecule has 1 heterocycles. The fraction of sp³-hybridized carbons (Fsp3) is 0.667. The summed E-state index contributed by atoms with van der Waals surface area (Å²) in [5, 5.41) is 14.7. The van der Waals surface area contributed by atoms with E-state index in [-0.39, 0.29) is 18.7 Å². The molecular weight excluding hydrogens is 187 g/mol. The first-order valence-electron chi connectivity index (χ1n) is 3.53. The van der Waals surface area contributed by atoms with Gasteiger partial charge in [-0.25, -0.2) is 0 Å². The molecule has 0 aliphatic rings. The summed E-state index contributed by atoms with van der Waals surface area (Å²) in [5.41, 5.74) is -1.13. The van der Waals surface area contributed by atoms with Gasteiger partial charge >= 0.3 is 6.18 Å². The van der Waals surface area contributed by atoms with Crippen LogP contribution in [0.2, 0.25) is 0 Å². The molecule has 0 amide bonds. The maximum atomic E-state index is 12.2. The lowest BCUT2D eigenvalue weighted by molar-refractivity contribution is -0.141. The lowest BCUT2D eigenvalue weighted by Gasteiger charge is -2.04. The molecule has 0 atom stereocenters. The fourth-order valence-corrected chi connectivity index (χ4v) is 0.983. The third-order valence-electron chi connectivity index (χ3n) is 1.56. The topological polar surface area (TPSA) is 50.9 Å². The van der Waals surface area contributed by atoms with Crippen molar-refractivity contribution in [3.63, 3.8) is 0 Å². The van der Waals surface area contributed by atoms with E-state index >= 15 is 0 Å². The largest absolute Gasteiger partial charge is 0.437 e. The van der Waals surface area contributed by atoms with E-state index in [1.54, 1.807) is 0 Å². The Morgan fingerprint density at radius 3 is 2.54 bits per heavy atom. The van der Waals surface area contributed by atoms with Crippen LogP contribution >= 0.6 is 0 Å². The number of rotatable bonds is 2. The molecule has 1 aromatic rings. The van der Waals surface area contributed by atoms with Crippen molar-refractivity contribution in [2.75, 3.05) is 6.61 Å². The molecule has 1 aromatic heterocycles. The summed E-state index contributed by atoms with van der Waals surface area (Å²) < 4.78 is 37.6. The number of hydrogen-bond acceptors (Lipinski definition) is 3. The maximum Gasteiger partial charge on any atom is 0.437 e. The fourth-order valence-electron chi connectivity index (χ4n) is 0.983. The zero-order valence-electron chi connectivity index (χ0n) is 6.84. The van der Waals surface area contributed by atoms with Crippen molar-refractivity contribution in [3.8, 4) is 0 Å². The van der Waals surface area contributed by atoms with Gasteiger partial charge in [0.2, 0.25) is 0 Å². The number of aliphatic hydroxyl groups excluding tert-OH is 1. The molecule has 0 saturated heterocycles. The second-order valence-electron chi connectivity index (χ2n) is 2.48. The van der Waals surface area contributed by atoms with Crippen molar-refractivity contribution < 1.29 is 18.3 Å². The van der Waals surface area contributed by atoms with Crippen LogP contribution in [0.5, 0.6) is 0 Å². The molecule has 1 N–H and O–H groups in total. The second kappa shape index (κ2) is 3.33. The van der Waals surface area contributed by atoms with Crippen LogP contribution in [-0.2, 0) is 19.6 Å². The van der Waals surface area contributed by atoms with E-state index in [9.17, 15) is 13.2 Å². The number of alkyl halides is 3. The highest BCUT2D eigenvalue weighted by molar-refractivity contribution is 5.13. The van der Waals surface area contributed by atoms with E-state index in [1.165, 1.54) is 7.05 Å². The Morgan fingerprint density at radius 2 is 2.08 bits per heavy atom. The third kappa shape index (κ3) is 1.97. The molecule has 0 saturated carbocycles. The SMILES string of the molecule is Cn1nnc(C(F)(F)F)c1CCO. The average molecular weight is 195 g/mol. The van der Waals surface area contributed by atoms with Crippen molar-refractivity contribution in [2.45, 2.75) is 12.6 Å². The highest BCUT2D eigenvalue weighted by atomic mass is 19.4. The standard InChI is InChI=1S/C6H8F3N3O/c1-12-4(2-3-13)5(10-11-12)6(7,8)9/h13H,2-3H2,1H3. The normalized spacial score (nSPS) is 12.1. The van der Waals surface area contributed by atoms with Gasteiger partial charge in [-0.3, -0.25) is 4.68 Å². The summed E-state index contributed by atoms with van der Waals surface area (Å²) in [6.07, 6.45) is -4.60. The smallest absolute Gasteiger partial charge is 0.396 e. The number of hydrogen-bond donors (Lipinski definition) is 1. The number of halogens is 3. The Balaban J connectivity index is 3.07. The molecule has 7 heteroatoms. The predicted molar refractivity (Wildman–Crippen MR) is 36.8 cm³/mol. The van der Waals surface area contributed by atoms with E-state index in [0.717, 1.165) is 4.68 Å². The van der Waals surface area contributed by atoms with Gasteiger partial charge in [-0.15, -0.1) is 5.10 Å². The van der Waals surface area contributed by atoms with Gasteiger partial charge in [-0.05, 0) is 0 Å². The Morgan fingerprint density at radius 1 is 1.46 bits per heavy atom. The van der Waals surface area contributed by atoms with E-state index in [2.05, 4.69) is 10.3 Å². The van der Waals surface area contributed by atoms with Crippen LogP contribution in [0.25, 0.3) is 0 Å². The van der Waals surface area contributed by atoms with Crippen LogP contribution in [0, 0.1) is 0 Å². The molecule has 74 valence electrons. The van der Waals surface area contributed by atoms with Crippen molar-refractivity contribution in [1.82, 2.24) is 15.0 Å². The molecule has 0 aliphatic carbocycles. The Hall–Kier alpha value is -1.11. The molecule has 4 nitrogen and oxygen atoms in total. The predicted octanol–water partition coefficient (Wildman–Crippen LogP) is 0.369. The summed E-state index contributed by atoms with van der Waals surface area (Å²) in [6, 6.07) is 0. The minimum Gasteiger partial charge on any atom is -0.396 e. The average Bonchev–Trinajstić information content (AvgIpc) is 2.32. The summed E-state index contributed by atoms with van der Waals surface area (Å²) in [5.74, 6) is 0. The molecule has 0 aliphatic heterocycles. The van der Waals surface area contributed by atoms with E-state index in [4.69, 9.17) is 5.11 Å². The minimum atomic E-state index is -4.50. The van der Waals surface area contributed by atoms with Gasteiger partial charge in [-0.2, -0.15) is 13.2 Å². The van der Waals surface area contributed by atoms with E-state index in [0.29, 0.717) is 0 Å². The van der Waals surface area contributed by atoms with Crippen molar-refractivity contribution in [1.29, 1.82) is 0 Å². The van der Waals surface area contributed by atoms with Gasteiger partial charge < -0.3 is 5.11 Å². The third-order valence-corrected chi connectivity index (χ3v) is 1.56. The number of aryl methyl sites for hydroxylation is 1.